The van der Waals surface area contributed by atoms with E-state index in [0.29, 0.717) is 17.2 Å². The highest BCUT2D eigenvalue weighted by Crippen LogP contribution is 2.15. The smallest absolute Gasteiger partial charge is 0.138 e. The Bertz CT molecular complexity index is 498. The standard InChI is InChI=1S/C12H14ClN3O2/c1-16-12(14-8-15-16)6-10(17)7-18-11-4-2-9(13)3-5-11/h2-5,8,10,17H,6-7H2,1H3. The van der Waals surface area contributed by atoms with Gasteiger partial charge >= 0.3 is 0 Å². The largest absolute Gasteiger partial charge is 0.491 e. The Morgan fingerprint density at radius 1 is 1.39 bits per heavy atom. The Balaban J connectivity index is 1.83. The van der Waals surface area contributed by atoms with Crippen LogP contribution in [0.15, 0.2) is 30.6 Å². The summed E-state index contributed by atoms with van der Waals surface area (Å²) in [6.45, 7) is 0.203. The lowest BCUT2D eigenvalue weighted by molar-refractivity contribution is 0.105. The van der Waals surface area contributed by atoms with Crippen LogP contribution in [0.25, 0.3) is 0 Å². The van der Waals surface area contributed by atoms with E-state index in [2.05, 4.69) is 10.1 Å². The van der Waals surface area contributed by atoms with E-state index in [1.165, 1.54) is 6.33 Å². The maximum Gasteiger partial charge on any atom is 0.138 e. The van der Waals surface area contributed by atoms with Crippen molar-refractivity contribution in [2.75, 3.05) is 6.61 Å². The van der Waals surface area contributed by atoms with Crippen LogP contribution >= 0.6 is 11.6 Å². The predicted molar refractivity (Wildman–Crippen MR) is 67.7 cm³/mol. The summed E-state index contributed by atoms with van der Waals surface area (Å²) in [5.41, 5.74) is 0. The Labute approximate surface area is 110 Å². The fraction of sp³-hybridized carbons (Fsp3) is 0.333. The second kappa shape index (κ2) is 5.84. The molecule has 1 aromatic carbocycles. The SMILES string of the molecule is Cn1ncnc1CC(O)COc1ccc(Cl)cc1. The quantitative estimate of drug-likeness (QED) is 0.891. The van der Waals surface area contributed by atoms with Crippen LogP contribution < -0.4 is 4.74 Å². The van der Waals surface area contributed by atoms with E-state index in [4.69, 9.17) is 16.3 Å². The Morgan fingerprint density at radius 2 is 2.11 bits per heavy atom. The molecule has 96 valence electrons. The zero-order valence-corrected chi connectivity index (χ0v) is 10.7. The van der Waals surface area contributed by atoms with Crippen LogP contribution in [0.5, 0.6) is 5.75 Å². The van der Waals surface area contributed by atoms with E-state index >= 15 is 0 Å². The molecule has 1 atom stereocenters. The van der Waals surface area contributed by atoms with Crippen LogP contribution in [0.3, 0.4) is 0 Å². The summed E-state index contributed by atoms with van der Waals surface area (Å²) in [4.78, 5) is 4.04. The molecule has 0 amide bonds. The Hall–Kier alpha value is -1.59. The highest BCUT2D eigenvalue weighted by molar-refractivity contribution is 6.30. The van der Waals surface area contributed by atoms with Crippen molar-refractivity contribution in [3.63, 3.8) is 0 Å². The highest BCUT2D eigenvalue weighted by Gasteiger charge is 2.10. The number of benzene rings is 1. The predicted octanol–water partition coefficient (Wildman–Crippen LogP) is 1.45. The molecule has 0 saturated carbocycles. The van der Waals surface area contributed by atoms with Crippen LogP contribution in [0.4, 0.5) is 0 Å². The molecule has 0 fully saturated rings. The zero-order valence-electron chi connectivity index (χ0n) is 9.95. The lowest BCUT2D eigenvalue weighted by Crippen LogP contribution is -2.22. The van der Waals surface area contributed by atoms with E-state index in [1.807, 2.05) is 0 Å². The molecule has 1 heterocycles. The van der Waals surface area contributed by atoms with Crippen molar-refractivity contribution in [2.24, 2.45) is 7.05 Å². The van der Waals surface area contributed by atoms with Gasteiger partial charge in [0.2, 0.25) is 0 Å². The lowest BCUT2D eigenvalue weighted by Gasteiger charge is -2.11. The number of ether oxygens (including phenoxy) is 1. The average molecular weight is 268 g/mol. The van der Waals surface area contributed by atoms with Gasteiger partial charge in [-0.05, 0) is 24.3 Å². The highest BCUT2D eigenvalue weighted by atomic mass is 35.5. The minimum absolute atomic E-state index is 0.203. The van der Waals surface area contributed by atoms with E-state index in [-0.39, 0.29) is 6.61 Å². The summed E-state index contributed by atoms with van der Waals surface area (Å²) in [5.74, 6) is 1.40. The topological polar surface area (TPSA) is 60.2 Å². The molecule has 5 nitrogen and oxygen atoms in total. The monoisotopic (exact) mass is 267 g/mol. The molecule has 1 N–H and O–H groups in total. The molecule has 0 aliphatic heterocycles. The van der Waals surface area contributed by atoms with Crippen molar-refractivity contribution in [3.8, 4) is 5.75 Å². The van der Waals surface area contributed by atoms with E-state index in [0.717, 1.165) is 5.82 Å². The van der Waals surface area contributed by atoms with Crippen LogP contribution in [-0.4, -0.2) is 32.6 Å². The molecular weight excluding hydrogens is 254 g/mol. The molecule has 0 bridgehead atoms. The number of hydrogen-bond acceptors (Lipinski definition) is 4. The minimum atomic E-state index is -0.622. The third-order valence-electron chi connectivity index (χ3n) is 2.48. The maximum absolute atomic E-state index is 9.83. The Morgan fingerprint density at radius 3 is 2.72 bits per heavy atom. The van der Waals surface area contributed by atoms with Crippen molar-refractivity contribution < 1.29 is 9.84 Å². The van der Waals surface area contributed by atoms with Gasteiger partial charge in [-0.25, -0.2) is 4.98 Å². The normalized spacial score (nSPS) is 12.4. The summed E-state index contributed by atoms with van der Waals surface area (Å²) >= 11 is 5.76. The summed E-state index contributed by atoms with van der Waals surface area (Å²) in [6, 6.07) is 7.01. The number of halogens is 1. The molecule has 6 heteroatoms. The first-order valence-corrected chi connectivity index (χ1v) is 5.92. The van der Waals surface area contributed by atoms with Crippen molar-refractivity contribution >= 4 is 11.6 Å². The minimum Gasteiger partial charge on any atom is -0.491 e. The second-order valence-electron chi connectivity index (χ2n) is 3.92. The molecular formula is C12H14ClN3O2. The van der Waals surface area contributed by atoms with Gasteiger partial charge in [0.05, 0.1) is 6.10 Å². The van der Waals surface area contributed by atoms with Gasteiger partial charge in [0.15, 0.2) is 0 Å². The molecule has 0 spiro atoms. The molecule has 2 aromatic rings. The molecule has 0 radical (unpaired) electrons. The van der Waals surface area contributed by atoms with Gasteiger partial charge in [0.25, 0.3) is 0 Å². The van der Waals surface area contributed by atoms with Gasteiger partial charge in [-0.1, -0.05) is 11.6 Å². The van der Waals surface area contributed by atoms with Crippen molar-refractivity contribution in [1.82, 2.24) is 14.8 Å². The van der Waals surface area contributed by atoms with Crippen molar-refractivity contribution in [3.05, 3.63) is 41.4 Å². The first kappa shape index (κ1) is 12.9. The van der Waals surface area contributed by atoms with Crippen LogP contribution in [0, 0.1) is 0 Å². The van der Waals surface area contributed by atoms with Crippen LogP contribution in [0.1, 0.15) is 5.82 Å². The molecule has 0 saturated heterocycles. The second-order valence-corrected chi connectivity index (χ2v) is 4.36. The van der Waals surface area contributed by atoms with Crippen molar-refractivity contribution in [2.45, 2.75) is 12.5 Å². The maximum atomic E-state index is 9.83. The van der Waals surface area contributed by atoms with Crippen molar-refractivity contribution in [1.29, 1.82) is 0 Å². The van der Waals surface area contributed by atoms with E-state index in [1.54, 1.807) is 36.0 Å². The molecule has 0 aliphatic carbocycles. The fourth-order valence-corrected chi connectivity index (χ4v) is 1.62. The third-order valence-corrected chi connectivity index (χ3v) is 2.73. The van der Waals surface area contributed by atoms with E-state index < -0.39 is 6.10 Å². The average Bonchev–Trinajstić information content (AvgIpc) is 2.74. The molecule has 2 rings (SSSR count). The molecule has 1 unspecified atom stereocenters. The number of rotatable bonds is 5. The summed E-state index contributed by atoms with van der Waals surface area (Å²) < 4.78 is 7.08. The summed E-state index contributed by atoms with van der Waals surface area (Å²) in [7, 11) is 1.79. The van der Waals surface area contributed by atoms with Gasteiger partial charge in [-0.2, -0.15) is 5.10 Å². The van der Waals surface area contributed by atoms with Crippen LogP contribution in [-0.2, 0) is 13.5 Å². The molecule has 18 heavy (non-hydrogen) atoms. The molecule has 1 aromatic heterocycles. The number of aliphatic hydroxyl groups excluding tert-OH is 1. The number of aliphatic hydroxyl groups is 1. The Kier molecular flexibility index (Phi) is 4.17. The first-order chi connectivity index (χ1) is 8.65. The third kappa shape index (κ3) is 3.45. The van der Waals surface area contributed by atoms with Crippen LogP contribution in [0.2, 0.25) is 5.02 Å². The summed E-state index contributed by atoms with van der Waals surface area (Å²) in [5, 5.41) is 14.4. The number of hydrogen-bond donors (Lipinski definition) is 1. The number of aromatic nitrogens is 3. The lowest BCUT2D eigenvalue weighted by atomic mass is 10.2. The first-order valence-electron chi connectivity index (χ1n) is 5.54. The summed E-state index contributed by atoms with van der Waals surface area (Å²) in [6.07, 6.45) is 1.25. The van der Waals surface area contributed by atoms with E-state index in [9.17, 15) is 5.11 Å². The van der Waals surface area contributed by atoms with Gasteiger partial charge in [-0.15, -0.1) is 0 Å². The van der Waals surface area contributed by atoms with Gasteiger partial charge in [-0.3, -0.25) is 4.68 Å². The fourth-order valence-electron chi connectivity index (χ4n) is 1.50. The van der Waals surface area contributed by atoms with Gasteiger partial charge in [0.1, 0.15) is 24.5 Å². The zero-order chi connectivity index (χ0) is 13.0. The molecule has 0 aliphatic rings. The number of aryl methyl sites for hydroxylation is 1. The number of nitrogens with zero attached hydrogens (tertiary/aromatic N) is 3. The van der Waals surface area contributed by atoms with Gasteiger partial charge in [0, 0.05) is 18.5 Å². The van der Waals surface area contributed by atoms with Gasteiger partial charge < -0.3 is 9.84 Å².